The molecule has 0 unspecified atom stereocenters. The van der Waals surface area contributed by atoms with E-state index in [1.54, 1.807) is 0 Å². The number of aryl methyl sites for hydroxylation is 1. The number of aromatic nitrogens is 3. The average molecular weight is 427 g/mol. The minimum atomic E-state index is -0.334. The quantitative estimate of drug-likeness (QED) is 0.759. The average Bonchev–Trinajstić information content (AvgIpc) is 3.39. The molecule has 3 aliphatic rings. The SMILES string of the molecule is CCn1ncc2c(NC3CCOCC3)c(C3=NOC4(CCC(C(N)=O)CC4)C3)cnc21. The van der Waals surface area contributed by atoms with Crippen LogP contribution in [0.3, 0.4) is 0 Å². The molecule has 0 aromatic carbocycles. The summed E-state index contributed by atoms with van der Waals surface area (Å²) in [7, 11) is 0. The monoisotopic (exact) mass is 426 g/mol. The van der Waals surface area contributed by atoms with Crippen LogP contribution in [-0.2, 0) is 20.9 Å². The normalized spacial score (nSPS) is 26.7. The first kappa shape index (κ1) is 20.2. The third-order valence-electron chi connectivity index (χ3n) is 6.98. The Morgan fingerprint density at radius 2 is 2.03 bits per heavy atom. The van der Waals surface area contributed by atoms with Crippen molar-refractivity contribution in [3.63, 3.8) is 0 Å². The molecule has 2 aromatic rings. The van der Waals surface area contributed by atoms with Crippen LogP contribution in [0.4, 0.5) is 5.69 Å². The largest absolute Gasteiger partial charge is 0.389 e. The highest BCUT2D eigenvalue weighted by atomic mass is 16.7. The van der Waals surface area contributed by atoms with E-state index in [4.69, 9.17) is 20.3 Å². The Kier molecular flexibility index (Phi) is 5.29. The van der Waals surface area contributed by atoms with Crippen molar-refractivity contribution >= 4 is 28.3 Å². The van der Waals surface area contributed by atoms with Gasteiger partial charge in [-0.2, -0.15) is 5.10 Å². The van der Waals surface area contributed by atoms with Gasteiger partial charge in [0.1, 0.15) is 5.60 Å². The maximum absolute atomic E-state index is 11.5. The van der Waals surface area contributed by atoms with Crippen molar-refractivity contribution in [3.8, 4) is 0 Å². The molecular formula is C22H30N6O3. The minimum Gasteiger partial charge on any atom is -0.389 e. The smallest absolute Gasteiger partial charge is 0.220 e. The van der Waals surface area contributed by atoms with Gasteiger partial charge in [-0.15, -0.1) is 0 Å². The van der Waals surface area contributed by atoms with Gasteiger partial charge in [-0.05, 0) is 45.4 Å². The fourth-order valence-corrected chi connectivity index (χ4v) is 5.04. The van der Waals surface area contributed by atoms with Gasteiger partial charge in [0, 0.05) is 49.9 Å². The number of anilines is 1. The van der Waals surface area contributed by atoms with E-state index in [2.05, 4.69) is 22.5 Å². The van der Waals surface area contributed by atoms with Gasteiger partial charge in [0.05, 0.1) is 23.0 Å². The molecule has 4 heterocycles. The zero-order chi connectivity index (χ0) is 21.4. The summed E-state index contributed by atoms with van der Waals surface area (Å²) in [5.41, 5.74) is 8.96. The van der Waals surface area contributed by atoms with Crippen molar-refractivity contribution in [2.24, 2.45) is 16.8 Å². The van der Waals surface area contributed by atoms with Crippen molar-refractivity contribution in [2.75, 3.05) is 18.5 Å². The van der Waals surface area contributed by atoms with E-state index in [0.29, 0.717) is 6.04 Å². The summed E-state index contributed by atoms with van der Waals surface area (Å²) in [5, 5.41) is 13.8. The summed E-state index contributed by atoms with van der Waals surface area (Å²) < 4.78 is 7.44. The van der Waals surface area contributed by atoms with Gasteiger partial charge in [-0.1, -0.05) is 5.16 Å². The fraction of sp³-hybridized carbons (Fsp3) is 0.636. The van der Waals surface area contributed by atoms with Crippen molar-refractivity contribution in [1.82, 2.24) is 14.8 Å². The van der Waals surface area contributed by atoms with Gasteiger partial charge in [0.15, 0.2) is 5.65 Å². The van der Waals surface area contributed by atoms with E-state index in [1.807, 2.05) is 17.1 Å². The van der Waals surface area contributed by atoms with Crippen molar-refractivity contribution < 1.29 is 14.4 Å². The minimum absolute atomic E-state index is 0.0538. The highest BCUT2D eigenvalue weighted by Gasteiger charge is 2.44. The number of pyridine rings is 1. The van der Waals surface area contributed by atoms with Gasteiger partial charge < -0.3 is 20.6 Å². The van der Waals surface area contributed by atoms with E-state index in [-0.39, 0.29) is 17.4 Å². The lowest BCUT2D eigenvalue weighted by Gasteiger charge is -2.33. The molecule has 2 aliphatic heterocycles. The zero-order valence-corrected chi connectivity index (χ0v) is 18.0. The van der Waals surface area contributed by atoms with E-state index in [1.165, 1.54) is 0 Å². The number of nitrogens with zero attached hydrogens (tertiary/aromatic N) is 4. The first-order valence-electron chi connectivity index (χ1n) is 11.3. The highest BCUT2D eigenvalue weighted by Crippen LogP contribution is 2.43. The maximum atomic E-state index is 11.5. The Morgan fingerprint density at radius 1 is 1.26 bits per heavy atom. The number of oxime groups is 1. The first-order valence-corrected chi connectivity index (χ1v) is 11.3. The third kappa shape index (κ3) is 3.75. The molecule has 1 saturated carbocycles. The van der Waals surface area contributed by atoms with E-state index < -0.39 is 0 Å². The van der Waals surface area contributed by atoms with Gasteiger partial charge in [0.2, 0.25) is 5.91 Å². The molecule has 0 atom stereocenters. The van der Waals surface area contributed by atoms with Gasteiger partial charge >= 0.3 is 0 Å². The number of hydrogen-bond donors (Lipinski definition) is 2. The fourth-order valence-electron chi connectivity index (χ4n) is 5.04. The number of ether oxygens (including phenoxy) is 1. The van der Waals surface area contributed by atoms with Crippen LogP contribution in [0.1, 0.15) is 57.4 Å². The van der Waals surface area contributed by atoms with Gasteiger partial charge in [0.25, 0.3) is 0 Å². The van der Waals surface area contributed by atoms with Crippen LogP contribution in [0.15, 0.2) is 17.5 Å². The molecule has 0 radical (unpaired) electrons. The lowest BCUT2D eigenvalue weighted by atomic mass is 9.76. The summed E-state index contributed by atoms with van der Waals surface area (Å²) in [6, 6.07) is 0.339. The first-order chi connectivity index (χ1) is 15.1. The molecule has 1 aliphatic carbocycles. The molecule has 0 bridgehead atoms. The second-order valence-electron chi connectivity index (χ2n) is 8.94. The molecule has 1 amide bonds. The predicted molar refractivity (Wildman–Crippen MR) is 117 cm³/mol. The standard InChI is InChI=1S/C22H30N6O3/c1-2-28-21-17(13-25-28)19(26-15-5-9-30-10-6-15)16(12-24-21)18-11-22(31-27-18)7-3-14(4-8-22)20(23)29/h12-15H,2-11H2,1H3,(H2,23,29)(H,24,26). The van der Waals surface area contributed by atoms with Crippen LogP contribution in [-0.4, -0.2) is 51.2 Å². The molecule has 1 spiro atoms. The van der Waals surface area contributed by atoms with Crippen LogP contribution < -0.4 is 11.1 Å². The molecule has 9 nitrogen and oxygen atoms in total. The van der Waals surface area contributed by atoms with Crippen LogP contribution >= 0.6 is 0 Å². The zero-order valence-electron chi connectivity index (χ0n) is 18.0. The topological polar surface area (TPSA) is 117 Å². The van der Waals surface area contributed by atoms with Crippen LogP contribution in [0.5, 0.6) is 0 Å². The molecular weight excluding hydrogens is 396 g/mol. The lowest BCUT2D eigenvalue weighted by molar-refractivity contribution is -0.125. The summed E-state index contributed by atoms with van der Waals surface area (Å²) in [4.78, 5) is 22.3. The van der Waals surface area contributed by atoms with Gasteiger partial charge in [-0.3, -0.25) is 4.79 Å². The van der Waals surface area contributed by atoms with Crippen molar-refractivity contribution in [2.45, 2.75) is 70.1 Å². The number of carbonyl (C=O) groups excluding carboxylic acids is 1. The number of nitrogens with two attached hydrogens (primary N) is 1. The Balaban J connectivity index is 1.44. The predicted octanol–water partition coefficient (Wildman–Crippen LogP) is 2.58. The van der Waals surface area contributed by atoms with Gasteiger partial charge in [-0.25, -0.2) is 9.67 Å². The summed E-state index contributed by atoms with van der Waals surface area (Å²) in [6.45, 7) is 4.36. The van der Waals surface area contributed by atoms with E-state index in [0.717, 1.165) is 92.7 Å². The molecule has 9 heteroatoms. The second-order valence-corrected chi connectivity index (χ2v) is 8.94. The number of hydrogen-bond acceptors (Lipinski definition) is 7. The highest BCUT2D eigenvalue weighted by molar-refractivity contribution is 6.10. The van der Waals surface area contributed by atoms with E-state index in [9.17, 15) is 4.79 Å². The Hall–Kier alpha value is -2.68. The summed E-state index contributed by atoms with van der Waals surface area (Å²) in [6.07, 6.45) is 9.53. The van der Waals surface area contributed by atoms with Crippen molar-refractivity contribution in [1.29, 1.82) is 0 Å². The van der Waals surface area contributed by atoms with Crippen molar-refractivity contribution in [3.05, 3.63) is 18.0 Å². The third-order valence-corrected chi connectivity index (χ3v) is 6.98. The number of amides is 1. The molecule has 2 aromatic heterocycles. The maximum Gasteiger partial charge on any atom is 0.220 e. The number of carbonyl (C=O) groups is 1. The molecule has 31 heavy (non-hydrogen) atoms. The Labute approximate surface area is 181 Å². The number of nitrogens with one attached hydrogen (secondary N) is 1. The molecule has 5 rings (SSSR count). The van der Waals surface area contributed by atoms with Crippen LogP contribution in [0, 0.1) is 5.92 Å². The number of primary amides is 1. The van der Waals surface area contributed by atoms with Crippen LogP contribution in [0.25, 0.3) is 11.0 Å². The Bertz CT molecular complexity index is 1000. The summed E-state index contributed by atoms with van der Waals surface area (Å²) in [5.74, 6) is -0.263. The number of rotatable bonds is 5. The second kappa shape index (κ2) is 8.11. The molecule has 3 N–H and O–H groups in total. The molecule has 166 valence electrons. The number of fused-ring (bicyclic) bond motifs is 1. The lowest BCUT2D eigenvalue weighted by Crippen LogP contribution is -2.38. The molecule has 1 saturated heterocycles. The van der Waals surface area contributed by atoms with Crippen LogP contribution in [0.2, 0.25) is 0 Å². The van der Waals surface area contributed by atoms with E-state index >= 15 is 0 Å². The Morgan fingerprint density at radius 3 is 2.74 bits per heavy atom. The molecule has 2 fully saturated rings. The summed E-state index contributed by atoms with van der Waals surface area (Å²) >= 11 is 0.